The number of aromatic hydroxyl groups is 2. The third kappa shape index (κ3) is 1.68. The molecule has 6 nitrogen and oxygen atoms in total. The number of nitrogens with two attached hydrogens (primary N) is 1. The molecule has 2 aromatic rings. The van der Waals surface area contributed by atoms with Crippen LogP contribution in [0.25, 0.3) is 11.4 Å². The zero-order valence-electron chi connectivity index (χ0n) is 8.01. The van der Waals surface area contributed by atoms with Gasteiger partial charge in [0.1, 0.15) is 0 Å². The van der Waals surface area contributed by atoms with Crippen LogP contribution in [0.3, 0.4) is 0 Å². The Hall–Kier alpha value is -1.79. The van der Waals surface area contributed by atoms with Crippen LogP contribution in [-0.2, 0) is 6.54 Å². The molecule has 0 atom stereocenters. The van der Waals surface area contributed by atoms with E-state index in [1.165, 1.54) is 12.1 Å². The van der Waals surface area contributed by atoms with E-state index in [9.17, 15) is 10.2 Å². The van der Waals surface area contributed by atoms with Crippen LogP contribution in [0.5, 0.6) is 11.5 Å². The molecule has 0 aliphatic heterocycles. The topological polar surface area (TPSA) is 105 Å². The Labute approximate surface area is 95.3 Å². The zero-order chi connectivity index (χ0) is 11.7. The summed E-state index contributed by atoms with van der Waals surface area (Å²) in [6.45, 7) is 0.104. The molecule has 0 aliphatic rings. The van der Waals surface area contributed by atoms with Gasteiger partial charge in [-0.15, -0.1) is 0 Å². The first-order chi connectivity index (χ1) is 7.63. The molecule has 0 radical (unpaired) electrons. The predicted molar refractivity (Wildman–Crippen MR) is 56.0 cm³/mol. The van der Waals surface area contributed by atoms with E-state index in [-0.39, 0.29) is 28.8 Å². The molecule has 2 rings (SSSR count). The lowest BCUT2D eigenvalue weighted by Crippen LogP contribution is -1.95. The Morgan fingerprint density at radius 3 is 2.69 bits per heavy atom. The number of halogens is 1. The molecule has 84 valence electrons. The highest BCUT2D eigenvalue weighted by Gasteiger charge is 2.16. The van der Waals surface area contributed by atoms with Crippen molar-refractivity contribution in [3.8, 4) is 22.9 Å². The molecule has 0 spiro atoms. The van der Waals surface area contributed by atoms with Crippen LogP contribution < -0.4 is 5.73 Å². The Kier molecular flexibility index (Phi) is 2.67. The largest absolute Gasteiger partial charge is 0.504 e. The minimum absolute atomic E-state index is 0.0452. The average molecular weight is 242 g/mol. The zero-order valence-corrected chi connectivity index (χ0v) is 8.77. The second-order valence-electron chi connectivity index (χ2n) is 3.01. The second kappa shape index (κ2) is 3.99. The molecular weight excluding hydrogens is 234 g/mol. The SMILES string of the molecule is NCc1nc(-c2ccc(Cl)c(O)c2O)no1. The fourth-order valence-electron chi connectivity index (χ4n) is 1.18. The van der Waals surface area contributed by atoms with Crippen LogP contribution in [0.2, 0.25) is 5.02 Å². The van der Waals surface area contributed by atoms with E-state index in [1.54, 1.807) is 0 Å². The quantitative estimate of drug-likeness (QED) is 0.684. The van der Waals surface area contributed by atoms with Gasteiger partial charge in [0.25, 0.3) is 0 Å². The lowest BCUT2D eigenvalue weighted by molar-refractivity contribution is 0.379. The van der Waals surface area contributed by atoms with Crippen molar-refractivity contribution in [2.75, 3.05) is 0 Å². The maximum absolute atomic E-state index is 9.63. The summed E-state index contributed by atoms with van der Waals surface area (Å²) in [6.07, 6.45) is 0. The number of nitrogens with zero attached hydrogens (tertiary/aromatic N) is 2. The van der Waals surface area contributed by atoms with Gasteiger partial charge in [-0.1, -0.05) is 16.8 Å². The van der Waals surface area contributed by atoms with Gasteiger partial charge >= 0.3 is 0 Å². The highest BCUT2D eigenvalue weighted by Crippen LogP contribution is 2.39. The number of aromatic nitrogens is 2. The third-order valence-electron chi connectivity index (χ3n) is 1.99. The standard InChI is InChI=1S/C9H8ClN3O3/c10-5-2-1-4(7(14)8(5)15)9-12-6(3-11)16-13-9/h1-2,14-15H,3,11H2. The summed E-state index contributed by atoms with van der Waals surface area (Å²) in [4.78, 5) is 3.91. The molecule has 0 aliphatic carbocycles. The van der Waals surface area contributed by atoms with Gasteiger partial charge in [-0.3, -0.25) is 0 Å². The first kappa shape index (κ1) is 10.7. The van der Waals surface area contributed by atoms with Gasteiger partial charge in [-0.05, 0) is 12.1 Å². The van der Waals surface area contributed by atoms with Crippen molar-refractivity contribution in [1.82, 2.24) is 10.1 Å². The monoisotopic (exact) mass is 241 g/mol. The van der Waals surface area contributed by atoms with Crippen molar-refractivity contribution < 1.29 is 14.7 Å². The van der Waals surface area contributed by atoms with E-state index >= 15 is 0 Å². The van der Waals surface area contributed by atoms with E-state index in [0.717, 1.165) is 0 Å². The molecule has 4 N–H and O–H groups in total. The molecular formula is C9H8ClN3O3. The Balaban J connectivity index is 2.52. The molecule has 7 heteroatoms. The number of phenolic OH excluding ortho intramolecular Hbond substituents is 2. The van der Waals surface area contributed by atoms with Gasteiger partial charge in [-0.2, -0.15) is 4.98 Å². The summed E-state index contributed by atoms with van der Waals surface area (Å²) < 4.78 is 4.78. The minimum atomic E-state index is -0.418. The highest BCUT2D eigenvalue weighted by molar-refractivity contribution is 6.32. The van der Waals surface area contributed by atoms with Gasteiger partial charge < -0.3 is 20.5 Å². The van der Waals surface area contributed by atoms with Crippen LogP contribution in [0.1, 0.15) is 5.89 Å². The summed E-state index contributed by atoms with van der Waals surface area (Å²) in [7, 11) is 0. The van der Waals surface area contributed by atoms with E-state index in [0.29, 0.717) is 0 Å². The predicted octanol–water partition coefficient (Wildman–Crippen LogP) is 1.26. The van der Waals surface area contributed by atoms with Crippen LogP contribution >= 0.6 is 11.6 Å². The normalized spacial score (nSPS) is 10.6. The van der Waals surface area contributed by atoms with Gasteiger partial charge in [0.2, 0.25) is 11.7 Å². The van der Waals surface area contributed by atoms with E-state index < -0.39 is 11.5 Å². The van der Waals surface area contributed by atoms with Crippen LogP contribution in [-0.4, -0.2) is 20.4 Å². The Bertz CT molecular complexity index is 527. The Morgan fingerprint density at radius 2 is 2.06 bits per heavy atom. The summed E-state index contributed by atoms with van der Waals surface area (Å²) in [5.74, 6) is -0.427. The summed E-state index contributed by atoms with van der Waals surface area (Å²) in [5.41, 5.74) is 5.53. The molecule has 0 saturated heterocycles. The molecule has 16 heavy (non-hydrogen) atoms. The lowest BCUT2D eigenvalue weighted by atomic mass is 10.2. The van der Waals surface area contributed by atoms with E-state index in [2.05, 4.69) is 10.1 Å². The molecule has 0 saturated carbocycles. The summed E-state index contributed by atoms with van der Waals surface area (Å²) >= 11 is 5.61. The maximum Gasteiger partial charge on any atom is 0.240 e. The van der Waals surface area contributed by atoms with Crippen molar-refractivity contribution >= 4 is 11.6 Å². The van der Waals surface area contributed by atoms with Crippen molar-refractivity contribution in [2.24, 2.45) is 5.73 Å². The fourth-order valence-corrected chi connectivity index (χ4v) is 1.34. The summed E-state index contributed by atoms with van der Waals surface area (Å²) in [5, 5.41) is 22.7. The molecule has 1 heterocycles. The van der Waals surface area contributed by atoms with Gasteiger partial charge in [0, 0.05) is 0 Å². The smallest absolute Gasteiger partial charge is 0.240 e. The van der Waals surface area contributed by atoms with Gasteiger partial charge in [-0.25, -0.2) is 0 Å². The van der Waals surface area contributed by atoms with Crippen LogP contribution in [0, 0.1) is 0 Å². The fraction of sp³-hybridized carbons (Fsp3) is 0.111. The van der Waals surface area contributed by atoms with Crippen molar-refractivity contribution in [3.05, 3.63) is 23.0 Å². The van der Waals surface area contributed by atoms with Gasteiger partial charge in [0.15, 0.2) is 11.5 Å². The molecule has 0 amide bonds. The number of rotatable bonds is 2. The first-order valence-electron chi connectivity index (χ1n) is 4.37. The average Bonchev–Trinajstić information content (AvgIpc) is 2.74. The van der Waals surface area contributed by atoms with Crippen molar-refractivity contribution in [3.63, 3.8) is 0 Å². The molecule has 1 aromatic carbocycles. The summed E-state index contributed by atoms with van der Waals surface area (Å²) in [6, 6.07) is 2.90. The number of hydrogen-bond donors (Lipinski definition) is 3. The molecule has 0 fully saturated rings. The first-order valence-corrected chi connectivity index (χ1v) is 4.74. The Morgan fingerprint density at radius 1 is 1.31 bits per heavy atom. The molecule has 1 aromatic heterocycles. The number of phenols is 2. The lowest BCUT2D eigenvalue weighted by Gasteiger charge is -2.03. The molecule has 0 bridgehead atoms. The van der Waals surface area contributed by atoms with E-state index in [1.807, 2.05) is 0 Å². The second-order valence-corrected chi connectivity index (χ2v) is 3.42. The minimum Gasteiger partial charge on any atom is -0.504 e. The van der Waals surface area contributed by atoms with Gasteiger partial charge in [0.05, 0.1) is 17.1 Å². The molecule has 0 unspecified atom stereocenters. The van der Waals surface area contributed by atoms with Crippen LogP contribution in [0.4, 0.5) is 0 Å². The maximum atomic E-state index is 9.63. The number of benzene rings is 1. The highest BCUT2D eigenvalue weighted by atomic mass is 35.5. The third-order valence-corrected chi connectivity index (χ3v) is 2.29. The van der Waals surface area contributed by atoms with Crippen LogP contribution in [0.15, 0.2) is 16.7 Å². The van der Waals surface area contributed by atoms with Crippen molar-refractivity contribution in [2.45, 2.75) is 6.54 Å². The van der Waals surface area contributed by atoms with E-state index in [4.69, 9.17) is 21.9 Å². The van der Waals surface area contributed by atoms with Crippen molar-refractivity contribution in [1.29, 1.82) is 0 Å². The number of hydrogen-bond acceptors (Lipinski definition) is 6.